The van der Waals surface area contributed by atoms with Gasteiger partial charge in [0.05, 0.1) is 13.3 Å². The van der Waals surface area contributed by atoms with E-state index in [1.165, 1.54) is 18.6 Å². The average molecular weight is 281 g/mol. The van der Waals surface area contributed by atoms with Gasteiger partial charge in [0.1, 0.15) is 10.6 Å². The first-order valence-corrected chi connectivity index (χ1v) is 6.32. The van der Waals surface area contributed by atoms with Gasteiger partial charge in [-0.15, -0.1) is 0 Å². The Labute approximate surface area is 114 Å². The van der Waals surface area contributed by atoms with Crippen molar-refractivity contribution < 1.29 is 9.53 Å². The molecule has 0 aliphatic carbocycles. The molecule has 2 aromatic rings. The smallest absolute Gasteiger partial charge is 0.344 e. The maximum absolute atomic E-state index is 11.7. The number of carbonyl (C=O) groups excluding carboxylic acids is 1. The third-order valence-electron chi connectivity index (χ3n) is 2.61. The van der Waals surface area contributed by atoms with Crippen LogP contribution in [0.5, 0.6) is 0 Å². The summed E-state index contributed by atoms with van der Waals surface area (Å²) < 4.78 is 10.5. The van der Waals surface area contributed by atoms with Gasteiger partial charge in [-0.2, -0.15) is 9.47 Å². The minimum atomic E-state index is -0.473. The standard InChI is InChI=1S/C11H15N5O2S/c1-15(5-7-4-13-16(2)6-7)10-8(11(17)18-3)9(12)14-19-10/h4,6H,5H2,1-3H3,(H2,12,14). The van der Waals surface area contributed by atoms with Gasteiger partial charge in [0, 0.05) is 32.4 Å². The van der Waals surface area contributed by atoms with Crippen molar-refractivity contribution in [1.29, 1.82) is 0 Å². The normalized spacial score (nSPS) is 10.5. The number of anilines is 2. The van der Waals surface area contributed by atoms with E-state index in [1.807, 2.05) is 25.2 Å². The van der Waals surface area contributed by atoms with Gasteiger partial charge < -0.3 is 15.4 Å². The molecule has 0 saturated heterocycles. The summed E-state index contributed by atoms with van der Waals surface area (Å²) in [4.78, 5) is 13.6. The van der Waals surface area contributed by atoms with Crippen molar-refractivity contribution in [2.45, 2.75) is 6.54 Å². The first-order chi connectivity index (χ1) is 9.02. The molecule has 0 amide bonds. The molecule has 0 spiro atoms. The van der Waals surface area contributed by atoms with E-state index in [1.54, 1.807) is 10.9 Å². The fourth-order valence-corrected chi connectivity index (χ4v) is 2.51. The Kier molecular flexibility index (Phi) is 3.70. The van der Waals surface area contributed by atoms with Crippen LogP contribution >= 0.6 is 11.5 Å². The van der Waals surface area contributed by atoms with Gasteiger partial charge in [-0.05, 0) is 11.5 Å². The predicted octanol–water partition coefficient (Wildman–Crippen LogP) is 0.882. The molecule has 19 heavy (non-hydrogen) atoms. The summed E-state index contributed by atoms with van der Waals surface area (Å²) in [7, 11) is 5.05. The molecule has 0 aliphatic rings. The van der Waals surface area contributed by atoms with Crippen molar-refractivity contribution >= 4 is 28.3 Å². The van der Waals surface area contributed by atoms with Crippen molar-refractivity contribution in [1.82, 2.24) is 14.2 Å². The minimum absolute atomic E-state index is 0.199. The van der Waals surface area contributed by atoms with Crippen LogP contribution in [0, 0.1) is 0 Å². The monoisotopic (exact) mass is 281 g/mol. The Morgan fingerprint density at radius 1 is 1.63 bits per heavy atom. The number of hydrogen-bond acceptors (Lipinski definition) is 7. The van der Waals surface area contributed by atoms with Crippen LogP contribution in [0.3, 0.4) is 0 Å². The van der Waals surface area contributed by atoms with Crippen molar-refractivity contribution in [3.63, 3.8) is 0 Å². The van der Waals surface area contributed by atoms with Crippen LogP contribution in [0.2, 0.25) is 0 Å². The molecule has 0 radical (unpaired) electrons. The molecule has 7 nitrogen and oxygen atoms in total. The number of hydrogen-bond donors (Lipinski definition) is 1. The Hall–Kier alpha value is -2.09. The summed E-state index contributed by atoms with van der Waals surface area (Å²) >= 11 is 1.18. The van der Waals surface area contributed by atoms with Gasteiger partial charge in [0.25, 0.3) is 0 Å². The Morgan fingerprint density at radius 2 is 2.37 bits per heavy atom. The number of nitrogens with zero attached hydrogens (tertiary/aromatic N) is 4. The summed E-state index contributed by atoms with van der Waals surface area (Å²) in [6, 6.07) is 0. The first-order valence-electron chi connectivity index (χ1n) is 5.55. The van der Waals surface area contributed by atoms with Crippen LogP contribution in [-0.2, 0) is 18.3 Å². The topological polar surface area (TPSA) is 86.3 Å². The number of esters is 1. The van der Waals surface area contributed by atoms with Gasteiger partial charge in [-0.1, -0.05) is 0 Å². The zero-order chi connectivity index (χ0) is 14.0. The molecule has 0 fully saturated rings. The lowest BCUT2D eigenvalue weighted by atomic mass is 10.3. The molecule has 2 rings (SSSR count). The summed E-state index contributed by atoms with van der Waals surface area (Å²) in [5.41, 5.74) is 7.06. The minimum Gasteiger partial charge on any atom is -0.465 e. The van der Waals surface area contributed by atoms with Crippen molar-refractivity contribution in [2.75, 3.05) is 24.8 Å². The molecule has 0 aromatic carbocycles. The lowest BCUT2D eigenvalue weighted by Gasteiger charge is -2.16. The Balaban J connectivity index is 2.24. The number of aromatic nitrogens is 3. The number of methoxy groups -OCH3 is 1. The van der Waals surface area contributed by atoms with E-state index in [-0.39, 0.29) is 5.82 Å². The van der Waals surface area contributed by atoms with E-state index in [4.69, 9.17) is 10.5 Å². The van der Waals surface area contributed by atoms with Gasteiger partial charge in [0.2, 0.25) is 0 Å². The highest BCUT2D eigenvalue weighted by Crippen LogP contribution is 2.31. The molecule has 8 heteroatoms. The fraction of sp³-hybridized carbons (Fsp3) is 0.364. The maximum atomic E-state index is 11.7. The van der Waals surface area contributed by atoms with Crippen LogP contribution in [0.1, 0.15) is 15.9 Å². The lowest BCUT2D eigenvalue weighted by Crippen LogP contribution is -2.18. The highest BCUT2D eigenvalue weighted by Gasteiger charge is 2.22. The highest BCUT2D eigenvalue weighted by molar-refractivity contribution is 7.11. The number of nitrogens with two attached hydrogens (primary N) is 1. The van der Waals surface area contributed by atoms with E-state index in [0.29, 0.717) is 17.1 Å². The maximum Gasteiger partial charge on any atom is 0.344 e. The second-order valence-electron chi connectivity index (χ2n) is 4.12. The predicted molar refractivity (Wildman–Crippen MR) is 73.2 cm³/mol. The van der Waals surface area contributed by atoms with Crippen LogP contribution in [0.4, 0.5) is 10.8 Å². The Bertz CT molecular complexity index is 592. The molecule has 0 saturated carbocycles. The third-order valence-corrected chi connectivity index (χ3v) is 3.59. The second-order valence-corrected chi connectivity index (χ2v) is 4.87. The van der Waals surface area contributed by atoms with Crippen LogP contribution in [0.25, 0.3) is 0 Å². The quantitative estimate of drug-likeness (QED) is 0.837. The molecular weight excluding hydrogens is 266 g/mol. The lowest BCUT2D eigenvalue weighted by molar-refractivity contribution is 0.0603. The second kappa shape index (κ2) is 5.27. The summed E-state index contributed by atoms with van der Waals surface area (Å²) in [5.74, 6) is -0.274. The number of rotatable bonds is 4. The molecule has 0 atom stereocenters. The number of ether oxygens (including phenoxy) is 1. The van der Waals surface area contributed by atoms with Gasteiger partial charge in [0.15, 0.2) is 5.82 Å². The molecule has 2 N–H and O–H groups in total. The molecular formula is C11H15N5O2S. The average Bonchev–Trinajstić information content (AvgIpc) is 2.94. The molecule has 2 heterocycles. The van der Waals surface area contributed by atoms with Gasteiger partial charge in [-0.3, -0.25) is 4.68 Å². The van der Waals surface area contributed by atoms with E-state index in [0.717, 1.165) is 5.56 Å². The Morgan fingerprint density at radius 3 is 2.95 bits per heavy atom. The van der Waals surface area contributed by atoms with Gasteiger partial charge >= 0.3 is 5.97 Å². The van der Waals surface area contributed by atoms with Crippen molar-refractivity contribution in [2.24, 2.45) is 7.05 Å². The summed E-state index contributed by atoms with van der Waals surface area (Å²) in [6.45, 7) is 0.611. The van der Waals surface area contributed by atoms with E-state index in [2.05, 4.69) is 9.47 Å². The summed E-state index contributed by atoms with van der Waals surface area (Å²) in [6.07, 6.45) is 3.69. The SMILES string of the molecule is COC(=O)c1c(N)nsc1N(C)Cc1cnn(C)c1. The van der Waals surface area contributed by atoms with Crippen molar-refractivity contribution in [3.05, 3.63) is 23.5 Å². The zero-order valence-corrected chi connectivity index (χ0v) is 11.8. The summed E-state index contributed by atoms with van der Waals surface area (Å²) in [5, 5.41) is 4.79. The van der Waals surface area contributed by atoms with Crippen LogP contribution < -0.4 is 10.6 Å². The first kappa shape index (κ1) is 13.3. The fourth-order valence-electron chi connectivity index (χ4n) is 1.75. The molecule has 0 aliphatic heterocycles. The van der Waals surface area contributed by atoms with Crippen LogP contribution in [-0.4, -0.2) is 34.3 Å². The van der Waals surface area contributed by atoms with E-state index < -0.39 is 5.97 Å². The molecule has 0 bridgehead atoms. The number of aryl methyl sites for hydroxylation is 1. The number of carbonyl (C=O) groups is 1. The van der Waals surface area contributed by atoms with E-state index in [9.17, 15) is 4.79 Å². The molecule has 0 unspecified atom stereocenters. The van der Waals surface area contributed by atoms with Gasteiger partial charge in [-0.25, -0.2) is 4.79 Å². The molecule has 2 aromatic heterocycles. The molecule has 102 valence electrons. The third kappa shape index (κ3) is 2.68. The zero-order valence-electron chi connectivity index (χ0n) is 11.0. The number of nitrogen functional groups attached to an aromatic ring is 1. The van der Waals surface area contributed by atoms with E-state index >= 15 is 0 Å². The van der Waals surface area contributed by atoms with Crippen LogP contribution in [0.15, 0.2) is 12.4 Å². The highest BCUT2D eigenvalue weighted by atomic mass is 32.1. The van der Waals surface area contributed by atoms with Crippen molar-refractivity contribution in [3.8, 4) is 0 Å². The largest absolute Gasteiger partial charge is 0.465 e.